The minimum absolute atomic E-state index is 0.0306. The molecule has 6 nitrogen and oxygen atoms in total. The molecule has 0 bridgehead atoms. The lowest BCUT2D eigenvalue weighted by atomic mass is 10.3. The lowest BCUT2D eigenvalue weighted by molar-refractivity contribution is -0.387. The Bertz CT molecular complexity index is 609. The molecule has 0 fully saturated rings. The van der Waals surface area contributed by atoms with Gasteiger partial charge in [0.15, 0.2) is 12.4 Å². The summed E-state index contributed by atoms with van der Waals surface area (Å²) in [5.41, 5.74) is -0.648. The standard InChI is InChI=1S/C12H8FNO5/c13-9-6-8(3-4-10(9)14(16)17)19-7-11(15)12-2-1-5-18-12/h1-6H,7H2. The number of halogens is 1. The summed E-state index contributed by atoms with van der Waals surface area (Å²) in [4.78, 5) is 21.1. The van der Waals surface area contributed by atoms with Gasteiger partial charge < -0.3 is 9.15 Å². The van der Waals surface area contributed by atoms with Crippen molar-refractivity contribution in [2.45, 2.75) is 0 Å². The predicted molar refractivity (Wildman–Crippen MR) is 61.6 cm³/mol. The van der Waals surface area contributed by atoms with Gasteiger partial charge in [-0.1, -0.05) is 0 Å². The van der Waals surface area contributed by atoms with Gasteiger partial charge in [0.1, 0.15) is 5.75 Å². The van der Waals surface area contributed by atoms with Crippen LogP contribution >= 0.6 is 0 Å². The molecule has 7 heteroatoms. The van der Waals surface area contributed by atoms with Gasteiger partial charge in [-0.25, -0.2) is 0 Å². The number of hydrogen-bond acceptors (Lipinski definition) is 5. The summed E-state index contributed by atoms with van der Waals surface area (Å²) in [7, 11) is 0. The van der Waals surface area contributed by atoms with E-state index in [4.69, 9.17) is 9.15 Å². The minimum Gasteiger partial charge on any atom is -0.485 e. The monoisotopic (exact) mass is 265 g/mol. The average molecular weight is 265 g/mol. The number of benzene rings is 1. The molecule has 0 N–H and O–H groups in total. The van der Waals surface area contributed by atoms with Crippen molar-refractivity contribution in [2.75, 3.05) is 6.61 Å². The van der Waals surface area contributed by atoms with Crippen molar-refractivity contribution in [3.05, 3.63) is 58.3 Å². The van der Waals surface area contributed by atoms with E-state index in [1.807, 2.05) is 0 Å². The molecule has 0 aliphatic carbocycles. The molecule has 0 saturated heterocycles. The van der Waals surface area contributed by atoms with Gasteiger partial charge in [-0.3, -0.25) is 14.9 Å². The zero-order chi connectivity index (χ0) is 13.8. The van der Waals surface area contributed by atoms with Crippen molar-refractivity contribution in [3.8, 4) is 5.75 Å². The van der Waals surface area contributed by atoms with Gasteiger partial charge in [0, 0.05) is 12.1 Å². The Labute approximate surface area is 106 Å². The minimum atomic E-state index is -1.02. The molecule has 0 unspecified atom stereocenters. The summed E-state index contributed by atoms with van der Waals surface area (Å²) in [6.45, 7) is -0.342. The zero-order valence-electron chi connectivity index (χ0n) is 9.54. The molecule has 1 aromatic carbocycles. The SMILES string of the molecule is O=C(COc1ccc([N+](=O)[O-])c(F)c1)c1ccco1. The number of nitro groups is 1. The van der Waals surface area contributed by atoms with E-state index in [-0.39, 0.29) is 18.1 Å². The second kappa shape index (κ2) is 5.30. The van der Waals surface area contributed by atoms with Crippen molar-refractivity contribution in [2.24, 2.45) is 0 Å². The summed E-state index contributed by atoms with van der Waals surface area (Å²) in [5.74, 6) is -1.28. The van der Waals surface area contributed by atoms with E-state index in [1.54, 1.807) is 6.07 Å². The number of ether oxygens (including phenoxy) is 1. The highest BCUT2D eigenvalue weighted by Gasteiger charge is 2.15. The first-order valence-corrected chi connectivity index (χ1v) is 5.21. The summed E-state index contributed by atoms with van der Waals surface area (Å²) in [5, 5.41) is 10.4. The van der Waals surface area contributed by atoms with E-state index in [2.05, 4.69) is 0 Å². The van der Waals surface area contributed by atoms with Crippen LogP contribution in [0.1, 0.15) is 10.6 Å². The number of carbonyl (C=O) groups excluding carboxylic acids is 1. The fourth-order valence-corrected chi connectivity index (χ4v) is 1.38. The molecule has 0 amide bonds. The predicted octanol–water partition coefficient (Wildman–Crippen LogP) is 2.59. The molecule has 1 heterocycles. The fourth-order valence-electron chi connectivity index (χ4n) is 1.38. The van der Waals surface area contributed by atoms with E-state index >= 15 is 0 Å². The molecular weight excluding hydrogens is 257 g/mol. The second-order valence-corrected chi connectivity index (χ2v) is 3.56. The van der Waals surface area contributed by atoms with Crippen LogP contribution < -0.4 is 4.74 Å². The van der Waals surface area contributed by atoms with Crippen LogP contribution in [0.25, 0.3) is 0 Å². The van der Waals surface area contributed by atoms with Gasteiger partial charge in [-0.2, -0.15) is 4.39 Å². The Hall–Kier alpha value is -2.70. The number of furan rings is 1. The molecule has 0 aliphatic heterocycles. The van der Waals surface area contributed by atoms with Crippen LogP contribution in [0.4, 0.5) is 10.1 Å². The molecule has 1 aromatic heterocycles. The van der Waals surface area contributed by atoms with E-state index in [1.165, 1.54) is 18.4 Å². The third-order valence-electron chi connectivity index (χ3n) is 2.28. The van der Waals surface area contributed by atoms with Crippen LogP contribution in [0.15, 0.2) is 41.0 Å². The molecule has 2 rings (SSSR count). The first-order valence-electron chi connectivity index (χ1n) is 5.21. The lowest BCUT2D eigenvalue weighted by Gasteiger charge is -2.04. The summed E-state index contributed by atoms with van der Waals surface area (Å²) in [6, 6.07) is 6.08. The van der Waals surface area contributed by atoms with Gasteiger partial charge >= 0.3 is 5.69 Å². The number of rotatable bonds is 5. The van der Waals surface area contributed by atoms with Crippen molar-refractivity contribution in [1.29, 1.82) is 0 Å². The number of nitro benzene ring substituents is 1. The van der Waals surface area contributed by atoms with Gasteiger partial charge in [0.2, 0.25) is 11.6 Å². The Balaban J connectivity index is 2.02. The molecule has 0 spiro atoms. The number of hydrogen-bond donors (Lipinski definition) is 0. The third kappa shape index (κ3) is 2.95. The Morgan fingerprint density at radius 1 is 1.42 bits per heavy atom. The molecule has 2 aromatic rings. The maximum atomic E-state index is 13.3. The first-order chi connectivity index (χ1) is 9.08. The topological polar surface area (TPSA) is 82.6 Å². The molecule has 0 aliphatic rings. The highest BCUT2D eigenvalue weighted by atomic mass is 19.1. The first kappa shape index (κ1) is 12.7. The number of ketones is 1. The lowest BCUT2D eigenvalue weighted by Crippen LogP contribution is -2.10. The van der Waals surface area contributed by atoms with Crippen molar-refractivity contribution < 1.29 is 23.3 Å². The Morgan fingerprint density at radius 3 is 2.79 bits per heavy atom. The van der Waals surface area contributed by atoms with E-state index in [0.29, 0.717) is 0 Å². The fraction of sp³-hybridized carbons (Fsp3) is 0.0833. The van der Waals surface area contributed by atoms with Crippen molar-refractivity contribution in [1.82, 2.24) is 0 Å². The smallest absolute Gasteiger partial charge is 0.305 e. The van der Waals surface area contributed by atoms with Crippen LogP contribution in [-0.4, -0.2) is 17.3 Å². The maximum absolute atomic E-state index is 13.3. The molecule has 0 saturated carbocycles. The number of Topliss-reactive ketones (excluding diaryl/α,β-unsaturated/α-hetero) is 1. The molecular formula is C12H8FNO5. The summed E-state index contributed by atoms with van der Waals surface area (Å²) >= 11 is 0. The average Bonchev–Trinajstić information content (AvgIpc) is 2.89. The van der Waals surface area contributed by atoms with Gasteiger partial charge in [0.25, 0.3) is 0 Å². The highest BCUT2D eigenvalue weighted by Crippen LogP contribution is 2.22. The molecule has 0 radical (unpaired) electrons. The van der Waals surface area contributed by atoms with Crippen molar-refractivity contribution in [3.63, 3.8) is 0 Å². The van der Waals surface area contributed by atoms with Gasteiger partial charge in [0.05, 0.1) is 11.2 Å². The molecule has 0 atom stereocenters. The van der Waals surface area contributed by atoms with Crippen molar-refractivity contribution >= 4 is 11.5 Å². The second-order valence-electron chi connectivity index (χ2n) is 3.56. The van der Waals surface area contributed by atoms with Crippen LogP contribution in [0.2, 0.25) is 0 Å². The largest absolute Gasteiger partial charge is 0.485 e. The van der Waals surface area contributed by atoms with E-state index in [0.717, 1.165) is 12.1 Å². The highest BCUT2D eigenvalue weighted by molar-refractivity contribution is 5.94. The normalized spacial score (nSPS) is 10.2. The van der Waals surface area contributed by atoms with Crippen LogP contribution in [0, 0.1) is 15.9 Å². The van der Waals surface area contributed by atoms with Crippen LogP contribution in [-0.2, 0) is 0 Å². The number of nitrogens with zero attached hydrogens (tertiary/aromatic N) is 1. The summed E-state index contributed by atoms with van der Waals surface area (Å²) in [6.07, 6.45) is 1.35. The Kier molecular flexibility index (Phi) is 3.56. The Morgan fingerprint density at radius 2 is 2.21 bits per heavy atom. The quantitative estimate of drug-likeness (QED) is 0.471. The van der Waals surface area contributed by atoms with Crippen LogP contribution in [0.3, 0.4) is 0 Å². The van der Waals surface area contributed by atoms with Crippen LogP contribution in [0.5, 0.6) is 5.75 Å². The third-order valence-corrected chi connectivity index (χ3v) is 2.28. The van der Waals surface area contributed by atoms with Gasteiger partial charge in [-0.15, -0.1) is 0 Å². The molecule has 19 heavy (non-hydrogen) atoms. The van der Waals surface area contributed by atoms with Gasteiger partial charge in [-0.05, 0) is 18.2 Å². The maximum Gasteiger partial charge on any atom is 0.305 e. The van der Waals surface area contributed by atoms with E-state index in [9.17, 15) is 19.3 Å². The summed E-state index contributed by atoms with van der Waals surface area (Å²) < 4.78 is 23.2. The van der Waals surface area contributed by atoms with E-state index < -0.39 is 22.2 Å². The number of carbonyl (C=O) groups is 1. The zero-order valence-corrected chi connectivity index (χ0v) is 9.54. The molecule has 98 valence electrons.